The lowest BCUT2D eigenvalue weighted by Crippen LogP contribution is -2.43. The van der Waals surface area contributed by atoms with Crippen LogP contribution in [-0.2, 0) is 14.8 Å². The number of hydrogen-bond donors (Lipinski definition) is 1. The summed E-state index contributed by atoms with van der Waals surface area (Å²) in [5, 5.41) is 2.63. The molecule has 0 bridgehead atoms. The second-order valence-corrected chi connectivity index (χ2v) is 8.43. The highest BCUT2D eigenvalue weighted by Crippen LogP contribution is 2.27. The van der Waals surface area contributed by atoms with Crippen molar-refractivity contribution in [3.8, 4) is 0 Å². The number of sulfonamides is 1. The Labute approximate surface area is 152 Å². The van der Waals surface area contributed by atoms with Gasteiger partial charge < -0.3 is 5.32 Å². The summed E-state index contributed by atoms with van der Waals surface area (Å²) >= 11 is 0. The number of carbonyl (C=O) groups is 1. The molecule has 1 heterocycles. The molecule has 0 spiro atoms. The Hall–Kier alpha value is -2.25. The van der Waals surface area contributed by atoms with E-state index < -0.39 is 27.8 Å². The van der Waals surface area contributed by atoms with Gasteiger partial charge >= 0.3 is 0 Å². The molecular weight excluding hydrogens is 355 g/mol. The van der Waals surface area contributed by atoms with E-state index in [1.165, 1.54) is 10.4 Å². The van der Waals surface area contributed by atoms with E-state index in [2.05, 4.69) is 5.32 Å². The molecule has 2 aromatic carbocycles. The normalized spacial score (nSPS) is 18.0. The molecule has 0 radical (unpaired) electrons. The minimum Gasteiger partial charge on any atom is -0.325 e. The van der Waals surface area contributed by atoms with E-state index in [0.29, 0.717) is 24.1 Å². The van der Waals surface area contributed by atoms with Gasteiger partial charge in [-0.1, -0.05) is 23.8 Å². The SMILES string of the molecule is Cc1ccc(S(=O)(=O)N2CCC[C@@H]2C(=O)Nc2ccc(C)c(F)c2)cc1. The maximum atomic E-state index is 13.7. The standard InChI is InChI=1S/C19H21FN2O3S/c1-13-5-9-16(10-6-13)26(24,25)22-11-3-4-18(22)19(23)21-15-8-7-14(2)17(20)12-15/h5-10,12,18H,3-4,11H2,1-2H3,(H,21,23)/t18-/m1/s1. The number of aryl methyl sites for hydroxylation is 2. The van der Waals surface area contributed by atoms with Gasteiger partial charge in [0.15, 0.2) is 0 Å². The van der Waals surface area contributed by atoms with Crippen LogP contribution in [0.1, 0.15) is 24.0 Å². The van der Waals surface area contributed by atoms with Crippen LogP contribution in [-0.4, -0.2) is 31.2 Å². The van der Waals surface area contributed by atoms with Crippen molar-refractivity contribution < 1.29 is 17.6 Å². The van der Waals surface area contributed by atoms with Crippen LogP contribution in [0.15, 0.2) is 47.4 Å². The second-order valence-electron chi connectivity index (χ2n) is 6.54. The summed E-state index contributed by atoms with van der Waals surface area (Å²) in [6.45, 7) is 3.80. The van der Waals surface area contributed by atoms with Gasteiger partial charge in [-0.25, -0.2) is 12.8 Å². The van der Waals surface area contributed by atoms with Crippen LogP contribution in [0.4, 0.5) is 10.1 Å². The zero-order valence-corrected chi connectivity index (χ0v) is 15.5. The van der Waals surface area contributed by atoms with Gasteiger partial charge in [0.1, 0.15) is 11.9 Å². The number of nitrogens with zero attached hydrogens (tertiary/aromatic N) is 1. The summed E-state index contributed by atoms with van der Waals surface area (Å²) in [5.41, 5.74) is 1.76. The fourth-order valence-electron chi connectivity index (χ4n) is 3.03. The molecule has 5 nitrogen and oxygen atoms in total. The number of amides is 1. The predicted molar refractivity (Wildman–Crippen MR) is 97.9 cm³/mol. The van der Waals surface area contributed by atoms with E-state index in [-0.39, 0.29) is 11.4 Å². The van der Waals surface area contributed by atoms with E-state index >= 15 is 0 Å². The van der Waals surface area contributed by atoms with Crippen molar-refractivity contribution in [1.29, 1.82) is 0 Å². The van der Waals surface area contributed by atoms with Gasteiger partial charge in [-0.15, -0.1) is 0 Å². The van der Waals surface area contributed by atoms with Gasteiger partial charge in [0.05, 0.1) is 4.90 Å². The highest BCUT2D eigenvalue weighted by Gasteiger charge is 2.39. The number of carbonyl (C=O) groups excluding carboxylic acids is 1. The van der Waals surface area contributed by atoms with Crippen molar-refractivity contribution in [3.05, 3.63) is 59.4 Å². The quantitative estimate of drug-likeness (QED) is 0.891. The molecule has 1 fully saturated rings. The highest BCUT2D eigenvalue weighted by atomic mass is 32.2. The van der Waals surface area contributed by atoms with Crippen LogP contribution in [0.5, 0.6) is 0 Å². The van der Waals surface area contributed by atoms with Crippen molar-refractivity contribution in [2.45, 2.75) is 37.6 Å². The molecule has 0 aromatic heterocycles. The number of nitrogens with one attached hydrogen (secondary N) is 1. The van der Waals surface area contributed by atoms with Gasteiger partial charge in [-0.2, -0.15) is 4.31 Å². The van der Waals surface area contributed by atoms with E-state index in [0.717, 1.165) is 5.56 Å². The molecule has 26 heavy (non-hydrogen) atoms. The Morgan fingerprint density at radius 1 is 1.15 bits per heavy atom. The molecule has 1 aliphatic heterocycles. The highest BCUT2D eigenvalue weighted by molar-refractivity contribution is 7.89. The van der Waals surface area contributed by atoms with Gasteiger partial charge in [-0.3, -0.25) is 4.79 Å². The van der Waals surface area contributed by atoms with Gasteiger partial charge in [-0.05, 0) is 56.5 Å². The van der Waals surface area contributed by atoms with Crippen molar-refractivity contribution in [2.24, 2.45) is 0 Å². The molecule has 0 saturated carbocycles. The maximum absolute atomic E-state index is 13.7. The molecule has 0 aliphatic carbocycles. The lowest BCUT2D eigenvalue weighted by molar-refractivity contribution is -0.119. The molecular formula is C19H21FN2O3S. The third kappa shape index (κ3) is 3.64. The predicted octanol–water partition coefficient (Wildman–Crippen LogP) is 3.23. The lowest BCUT2D eigenvalue weighted by Gasteiger charge is -2.23. The smallest absolute Gasteiger partial charge is 0.243 e. The maximum Gasteiger partial charge on any atom is 0.243 e. The molecule has 1 N–H and O–H groups in total. The zero-order valence-electron chi connectivity index (χ0n) is 14.7. The minimum atomic E-state index is -3.76. The first-order valence-corrected chi connectivity index (χ1v) is 9.88. The molecule has 0 unspecified atom stereocenters. The number of hydrogen-bond acceptors (Lipinski definition) is 3. The van der Waals surface area contributed by atoms with Crippen LogP contribution in [0.25, 0.3) is 0 Å². The second kappa shape index (κ2) is 7.17. The van der Waals surface area contributed by atoms with Crippen LogP contribution in [0, 0.1) is 19.7 Å². The molecule has 7 heteroatoms. The number of halogens is 1. The van der Waals surface area contributed by atoms with Crippen LogP contribution >= 0.6 is 0 Å². The summed E-state index contributed by atoms with van der Waals surface area (Å²) in [7, 11) is -3.76. The van der Waals surface area contributed by atoms with Gasteiger partial charge in [0.25, 0.3) is 0 Å². The summed E-state index contributed by atoms with van der Waals surface area (Å²) in [6.07, 6.45) is 1.04. The van der Waals surface area contributed by atoms with Crippen LogP contribution in [0.3, 0.4) is 0 Å². The summed E-state index contributed by atoms with van der Waals surface area (Å²) in [5.74, 6) is -0.861. The van der Waals surface area contributed by atoms with Gasteiger partial charge in [0, 0.05) is 12.2 Å². The number of benzene rings is 2. The Morgan fingerprint density at radius 2 is 1.85 bits per heavy atom. The molecule has 1 saturated heterocycles. The van der Waals surface area contributed by atoms with E-state index in [9.17, 15) is 17.6 Å². The first-order valence-electron chi connectivity index (χ1n) is 8.44. The molecule has 2 aromatic rings. The third-order valence-electron chi connectivity index (χ3n) is 4.57. The fraction of sp³-hybridized carbons (Fsp3) is 0.316. The third-order valence-corrected chi connectivity index (χ3v) is 6.50. The first kappa shape index (κ1) is 18.5. The molecule has 1 aliphatic rings. The first-order chi connectivity index (χ1) is 12.3. The molecule has 3 rings (SSSR count). The van der Waals surface area contributed by atoms with E-state index in [1.54, 1.807) is 43.3 Å². The minimum absolute atomic E-state index is 0.171. The van der Waals surface area contributed by atoms with E-state index in [1.807, 2.05) is 6.92 Å². The average Bonchev–Trinajstić information content (AvgIpc) is 3.09. The van der Waals surface area contributed by atoms with Crippen molar-refractivity contribution >= 4 is 21.6 Å². The largest absolute Gasteiger partial charge is 0.325 e. The summed E-state index contributed by atoms with van der Waals surface area (Å²) in [4.78, 5) is 12.8. The van der Waals surface area contributed by atoms with Crippen LogP contribution in [0.2, 0.25) is 0 Å². The van der Waals surface area contributed by atoms with Crippen LogP contribution < -0.4 is 5.32 Å². The average molecular weight is 376 g/mol. The molecule has 138 valence electrons. The zero-order chi connectivity index (χ0) is 18.9. The topological polar surface area (TPSA) is 66.5 Å². The molecule has 1 atom stereocenters. The van der Waals surface area contributed by atoms with Crippen molar-refractivity contribution in [3.63, 3.8) is 0 Å². The summed E-state index contributed by atoms with van der Waals surface area (Å²) < 4.78 is 40.7. The monoisotopic (exact) mass is 376 g/mol. The van der Waals surface area contributed by atoms with Gasteiger partial charge in [0.2, 0.25) is 15.9 Å². The lowest BCUT2D eigenvalue weighted by atomic mass is 10.2. The Morgan fingerprint density at radius 3 is 2.50 bits per heavy atom. The van der Waals surface area contributed by atoms with Crippen molar-refractivity contribution in [2.75, 3.05) is 11.9 Å². The Kier molecular flexibility index (Phi) is 5.11. The number of rotatable bonds is 4. The Balaban J connectivity index is 1.81. The van der Waals surface area contributed by atoms with E-state index in [4.69, 9.17) is 0 Å². The Bertz CT molecular complexity index is 926. The fourth-order valence-corrected chi connectivity index (χ4v) is 4.69. The van der Waals surface area contributed by atoms with Crippen molar-refractivity contribution in [1.82, 2.24) is 4.31 Å². The number of anilines is 1. The summed E-state index contributed by atoms with van der Waals surface area (Å²) in [6, 6.07) is 10.2. The molecule has 1 amide bonds.